The van der Waals surface area contributed by atoms with Crippen LogP contribution in [0.25, 0.3) is 0 Å². The van der Waals surface area contributed by atoms with E-state index in [0.29, 0.717) is 0 Å². The first-order chi connectivity index (χ1) is 13.9. The fraction of sp³-hybridized carbons (Fsp3) is 0.923. The van der Waals surface area contributed by atoms with Crippen molar-refractivity contribution in [3.8, 4) is 0 Å². The molecule has 0 N–H and O–H groups in total. The van der Waals surface area contributed by atoms with Crippen LogP contribution in [0.1, 0.15) is 132 Å². The van der Waals surface area contributed by atoms with Gasteiger partial charge in [-0.25, -0.2) is 0 Å². The van der Waals surface area contributed by atoms with Gasteiger partial charge in [0.05, 0.1) is 5.92 Å². The number of unbranched alkanes of at least 4 members (excludes halogenated alkanes) is 6. The lowest BCUT2D eigenvalue weighted by atomic mass is 9.73. The Hall–Kier alpha value is -1.06. The molecule has 4 heteroatoms. The molecule has 0 unspecified atom stereocenters. The van der Waals surface area contributed by atoms with Gasteiger partial charge in [-0.15, -0.1) is 0 Å². The fourth-order valence-electron chi connectivity index (χ4n) is 4.21. The third-order valence-corrected chi connectivity index (χ3v) is 6.53. The summed E-state index contributed by atoms with van der Waals surface area (Å²) in [7, 11) is 0. The van der Waals surface area contributed by atoms with Gasteiger partial charge in [0.15, 0.2) is 0 Å². The number of rotatable bonds is 14. The van der Waals surface area contributed by atoms with Gasteiger partial charge in [-0.05, 0) is 45.4 Å². The predicted octanol–water partition coefficient (Wildman–Crippen LogP) is 7.62. The van der Waals surface area contributed by atoms with E-state index in [0.717, 1.165) is 44.9 Å². The number of carbonyl (C=O) groups is 2. The molecule has 0 saturated carbocycles. The third-order valence-electron chi connectivity index (χ3n) is 6.53. The van der Waals surface area contributed by atoms with E-state index in [9.17, 15) is 9.59 Å². The van der Waals surface area contributed by atoms with Crippen molar-refractivity contribution in [2.75, 3.05) is 0 Å². The summed E-state index contributed by atoms with van der Waals surface area (Å²) in [6.07, 6.45) is 16.6. The smallest absolute Gasteiger partial charge is 0.315 e. The van der Waals surface area contributed by atoms with E-state index in [-0.39, 0.29) is 42.9 Å². The fourth-order valence-corrected chi connectivity index (χ4v) is 4.21. The van der Waals surface area contributed by atoms with E-state index >= 15 is 0 Å². The van der Waals surface area contributed by atoms with Crippen molar-refractivity contribution >= 4 is 11.9 Å². The Balaban J connectivity index is 0.000000544. The molecule has 2 saturated heterocycles. The van der Waals surface area contributed by atoms with Crippen molar-refractivity contribution in [1.82, 2.24) is 0 Å². The van der Waals surface area contributed by atoms with Crippen LogP contribution in [-0.4, -0.2) is 24.1 Å². The van der Waals surface area contributed by atoms with E-state index in [1.165, 1.54) is 44.9 Å². The molecule has 2 aliphatic heterocycles. The van der Waals surface area contributed by atoms with E-state index in [4.69, 9.17) is 9.47 Å². The number of ether oxygens (including phenoxy) is 2. The van der Waals surface area contributed by atoms with Gasteiger partial charge < -0.3 is 9.47 Å². The molecule has 0 spiro atoms. The molecular weight excluding hydrogens is 376 g/mol. The molecule has 0 aromatic carbocycles. The Labute approximate surface area is 186 Å². The van der Waals surface area contributed by atoms with Crippen LogP contribution >= 0.6 is 0 Å². The highest BCUT2D eigenvalue weighted by atomic mass is 16.6. The van der Waals surface area contributed by atoms with Crippen LogP contribution in [0.5, 0.6) is 0 Å². The van der Waals surface area contributed by atoms with Gasteiger partial charge in [-0.3, -0.25) is 9.59 Å². The van der Waals surface area contributed by atoms with Crippen molar-refractivity contribution in [2.45, 2.75) is 144 Å². The molecule has 0 aromatic rings. The molecule has 178 valence electrons. The first-order valence-corrected chi connectivity index (χ1v) is 12.4. The minimum atomic E-state index is -0.163. The number of carbonyl (C=O) groups excluding carboxylic acids is 2. The molecule has 0 bridgehead atoms. The number of esters is 2. The van der Waals surface area contributed by atoms with Gasteiger partial charge in [0, 0.05) is 0 Å². The van der Waals surface area contributed by atoms with Crippen molar-refractivity contribution in [3.05, 3.63) is 0 Å². The Morgan fingerprint density at radius 3 is 1.80 bits per heavy atom. The summed E-state index contributed by atoms with van der Waals surface area (Å²) in [5.41, 5.74) is -0.163. The maximum atomic E-state index is 11.5. The largest absolute Gasteiger partial charge is 0.461 e. The zero-order valence-corrected chi connectivity index (χ0v) is 19.8. The lowest BCUT2D eigenvalue weighted by Crippen LogP contribution is -2.54. The van der Waals surface area contributed by atoms with Crippen LogP contribution in [0.15, 0.2) is 0 Å². The highest BCUT2D eigenvalue weighted by Gasteiger charge is 2.52. The highest BCUT2D eigenvalue weighted by Crippen LogP contribution is 2.43. The maximum Gasteiger partial charge on any atom is 0.315 e. The van der Waals surface area contributed by atoms with Gasteiger partial charge in [-0.1, -0.05) is 86.5 Å². The summed E-state index contributed by atoms with van der Waals surface area (Å²) < 4.78 is 10.4. The zero-order valence-electron chi connectivity index (χ0n) is 19.8. The minimum absolute atomic E-state index is 0. The molecule has 0 aromatic heterocycles. The normalized spacial score (nSPS) is 26.9. The molecule has 4 nitrogen and oxygen atoms in total. The molecule has 30 heavy (non-hydrogen) atoms. The van der Waals surface area contributed by atoms with Gasteiger partial charge in [0.25, 0.3) is 0 Å². The van der Waals surface area contributed by atoms with E-state index in [2.05, 4.69) is 34.6 Å². The Morgan fingerprint density at radius 2 is 1.30 bits per heavy atom. The summed E-state index contributed by atoms with van der Waals surface area (Å²) >= 11 is 0. The average molecular weight is 427 g/mol. The van der Waals surface area contributed by atoms with E-state index in [1.807, 2.05) is 0 Å². The molecule has 2 heterocycles. The first kappa shape index (κ1) is 28.9. The van der Waals surface area contributed by atoms with Crippen LogP contribution in [0.2, 0.25) is 0 Å². The van der Waals surface area contributed by atoms with Crippen molar-refractivity contribution in [2.24, 2.45) is 11.3 Å². The Bertz CT molecular complexity index is 476. The van der Waals surface area contributed by atoms with Crippen LogP contribution in [0, 0.1) is 11.3 Å². The molecule has 2 aliphatic rings. The predicted molar refractivity (Wildman–Crippen MR) is 125 cm³/mol. The standard InChI is InChI=1S/C13H24O2.C12H22O2.CH4/c1-4-6-8-9-11-13(3,10-7-5-2)12(14)15-11;1-3-5-7-9-11-10(8-6-4-2)12(13)14-11;/h11H,4-10H2,1-3H3;10-11H,3-9H2,1-2H3;1H4/t11-,13+;10-,11+;/m10./s1. The van der Waals surface area contributed by atoms with Crippen molar-refractivity contribution < 1.29 is 19.1 Å². The lowest BCUT2D eigenvalue weighted by Gasteiger charge is -2.44. The van der Waals surface area contributed by atoms with Crippen LogP contribution in [-0.2, 0) is 19.1 Å². The maximum absolute atomic E-state index is 11.5. The monoisotopic (exact) mass is 426 g/mol. The van der Waals surface area contributed by atoms with Crippen molar-refractivity contribution in [3.63, 3.8) is 0 Å². The number of cyclic esters (lactones) is 2. The molecular formula is C26H50O4. The third kappa shape index (κ3) is 8.59. The van der Waals surface area contributed by atoms with Gasteiger partial charge in [0.2, 0.25) is 0 Å². The average Bonchev–Trinajstić information content (AvgIpc) is 2.71. The summed E-state index contributed by atoms with van der Waals surface area (Å²) in [4.78, 5) is 22.6. The minimum Gasteiger partial charge on any atom is -0.461 e. The summed E-state index contributed by atoms with van der Waals surface area (Å²) in [6, 6.07) is 0. The second-order valence-corrected chi connectivity index (χ2v) is 9.13. The Kier molecular flexibility index (Phi) is 15.1. The topological polar surface area (TPSA) is 52.6 Å². The Morgan fingerprint density at radius 1 is 0.733 bits per heavy atom. The number of hydrogen-bond acceptors (Lipinski definition) is 4. The van der Waals surface area contributed by atoms with Gasteiger partial charge in [0.1, 0.15) is 17.6 Å². The SMILES string of the molecule is C.CCCCC[C@H]1OC(=O)[C@@]1(C)CCCC.CCCCC[C@H]1OC(=O)[C@H]1CCCC. The van der Waals surface area contributed by atoms with E-state index in [1.54, 1.807) is 0 Å². The second kappa shape index (κ2) is 15.7. The quantitative estimate of drug-likeness (QED) is 0.212. The summed E-state index contributed by atoms with van der Waals surface area (Å²) in [5.74, 6) is 0.296. The highest BCUT2D eigenvalue weighted by molar-refractivity contribution is 5.82. The molecule has 2 rings (SSSR count). The zero-order chi connectivity index (χ0) is 21.7. The van der Waals surface area contributed by atoms with Crippen LogP contribution in [0.3, 0.4) is 0 Å². The molecule has 2 fully saturated rings. The van der Waals surface area contributed by atoms with Gasteiger partial charge >= 0.3 is 11.9 Å². The van der Waals surface area contributed by atoms with Gasteiger partial charge in [-0.2, -0.15) is 0 Å². The second-order valence-electron chi connectivity index (χ2n) is 9.13. The van der Waals surface area contributed by atoms with Crippen LogP contribution in [0.4, 0.5) is 0 Å². The molecule has 0 aliphatic carbocycles. The molecule has 0 radical (unpaired) electrons. The molecule has 4 atom stereocenters. The summed E-state index contributed by atoms with van der Waals surface area (Å²) in [6.45, 7) is 10.8. The van der Waals surface area contributed by atoms with E-state index < -0.39 is 0 Å². The van der Waals surface area contributed by atoms with Crippen molar-refractivity contribution in [1.29, 1.82) is 0 Å². The van der Waals surface area contributed by atoms with Crippen LogP contribution < -0.4 is 0 Å². The lowest BCUT2D eigenvalue weighted by molar-refractivity contribution is -0.206. The molecule has 0 amide bonds. The first-order valence-electron chi connectivity index (χ1n) is 12.4. The summed E-state index contributed by atoms with van der Waals surface area (Å²) in [5, 5.41) is 0. The number of hydrogen-bond donors (Lipinski definition) is 0.